The van der Waals surface area contributed by atoms with Gasteiger partial charge in [-0.05, 0) is 67.1 Å². The fraction of sp³-hybridized carbons (Fsp3) is 0.261. The van der Waals surface area contributed by atoms with Gasteiger partial charge in [0, 0.05) is 0 Å². The number of nitrogens with one attached hydrogen (secondary N) is 1. The van der Waals surface area contributed by atoms with Gasteiger partial charge in [0.15, 0.2) is 22.8 Å². The summed E-state index contributed by atoms with van der Waals surface area (Å²) in [5.41, 5.74) is -0.478. The van der Waals surface area contributed by atoms with Gasteiger partial charge in [-0.1, -0.05) is 24.6 Å². The number of benzene rings is 2. The summed E-state index contributed by atoms with van der Waals surface area (Å²) in [6, 6.07) is 7.97. The molecule has 186 valence electrons. The van der Waals surface area contributed by atoms with E-state index in [0.717, 1.165) is 23.9 Å². The Morgan fingerprint density at radius 1 is 1.23 bits per heavy atom. The number of carboxylic acid groups (broad SMARTS) is 1. The first-order chi connectivity index (χ1) is 16.5. The van der Waals surface area contributed by atoms with E-state index in [0.29, 0.717) is 17.9 Å². The van der Waals surface area contributed by atoms with E-state index < -0.39 is 34.7 Å². The summed E-state index contributed by atoms with van der Waals surface area (Å²) in [7, 11) is 0. The number of alkyl halides is 3. The Labute approximate surface area is 208 Å². The zero-order valence-corrected chi connectivity index (χ0v) is 20.1. The number of amidine groups is 1. The highest BCUT2D eigenvalue weighted by Gasteiger charge is 2.33. The molecular formula is C23H20ClF3N2O5S. The number of carbonyl (C=O) groups excluding carboxylic acids is 1. The number of aliphatic carboxylic acids is 1. The molecule has 1 saturated heterocycles. The molecule has 0 bridgehead atoms. The van der Waals surface area contributed by atoms with Crippen LogP contribution in [0.5, 0.6) is 11.5 Å². The number of amides is 1. The third kappa shape index (κ3) is 6.70. The number of carbonyl (C=O) groups is 2. The predicted octanol–water partition coefficient (Wildman–Crippen LogP) is 5.89. The maximum atomic E-state index is 13.1. The minimum absolute atomic E-state index is 0.0187. The van der Waals surface area contributed by atoms with Crippen LogP contribution in [0.2, 0.25) is 5.02 Å². The third-order valence-electron chi connectivity index (χ3n) is 4.62. The van der Waals surface area contributed by atoms with E-state index in [2.05, 4.69) is 10.3 Å². The smallest absolute Gasteiger partial charge is 0.417 e. The highest BCUT2D eigenvalue weighted by Crippen LogP contribution is 2.38. The number of thioether (sulfide) groups is 1. The van der Waals surface area contributed by atoms with Gasteiger partial charge in [0.2, 0.25) is 0 Å². The molecule has 1 aliphatic rings. The van der Waals surface area contributed by atoms with Crippen molar-refractivity contribution in [3.05, 3.63) is 57.5 Å². The van der Waals surface area contributed by atoms with Gasteiger partial charge in [0.25, 0.3) is 5.91 Å². The van der Waals surface area contributed by atoms with Crippen molar-refractivity contribution < 1.29 is 37.3 Å². The Hall–Kier alpha value is -3.18. The zero-order chi connectivity index (χ0) is 25.8. The van der Waals surface area contributed by atoms with Gasteiger partial charge in [-0.25, -0.2) is 9.79 Å². The van der Waals surface area contributed by atoms with Gasteiger partial charge in [0.1, 0.15) is 0 Å². The summed E-state index contributed by atoms with van der Waals surface area (Å²) in [4.78, 5) is 28.0. The molecule has 12 heteroatoms. The van der Waals surface area contributed by atoms with Gasteiger partial charge in [-0.3, -0.25) is 4.79 Å². The largest absolute Gasteiger partial charge is 0.490 e. The number of ether oxygens (including phenoxy) is 2. The maximum Gasteiger partial charge on any atom is 0.417 e. The predicted molar refractivity (Wildman–Crippen MR) is 127 cm³/mol. The number of halogens is 4. The second-order valence-electron chi connectivity index (χ2n) is 7.14. The van der Waals surface area contributed by atoms with Gasteiger partial charge in [-0.15, -0.1) is 0 Å². The minimum atomic E-state index is -4.64. The lowest BCUT2D eigenvalue weighted by Gasteiger charge is -2.16. The Kier molecular flexibility index (Phi) is 8.34. The summed E-state index contributed by atoms with van der Waals surface area (Å²) < 4.78 is 50.4. The Bertz CT molecular complexity index is 1200. The van der Waals surface area contributed by atoms with E-state index in [1.807, 2.05) is 0 Å². The first-order valence-corrected chi connectivity index (χ1v) is 11.5. The van der Waals surface area contributed by atoms with Crippen LogP contribution >= 0.6 is 23.4 Å². The van der Waals surface area contributed by atoms with Crippen LogP contribution in [0.15, 0.2) is 46.3 Å². The number of hydrogen-bond donors (Lipinski definition) is 2. The fourth-order valence-electron chi connectivity index (χ4n) is 2.99. The molecule has 1 heterocycles. The normalized spacial score (nSPS) is 16.9. The molecule has 3 rings (SSSR count). The molecule has 1 aliphatic heterocycles. The Balaban J connectivity index is 1.85. The quantitative estimate of drug-likeness (QED) is 0.415. The van der Waals surface area contributed by atoms with Crippen LogP contribution in [0.1, 0.15) is 31.4 Å². The lowest BCUT2D eigenvalue weighted by Crippen LogP contribution is -2.26. The van der Waals surface area contributed by atoms with Gasteiger partial charge in [0.05, 0.1) is 27.8 Å². The maximum absolute atomic E-state index is 13.1. The monoisotopic (exact) mass is 528 g/mol. The van der Waals surface area contributed by atoms with Crippen LogP contribution in [0.3, 0.4) is 0 Å². The first kappa shape index (κ1) is 26.4. The van der Waals surface area contributed by atoms with Crippen molar-refractivity contribution >= 4 is 52.2 Å². The highest BCUT2D eigenvalue weighted by molar-refractivity contribution is 8.18. The molecule has 35 heavy (non-hydrogen) atoms. The van der Waals surface area contributed by atoms with E-state index in [1.165, 1.54) is 6.07 Å². The Morgan fingerprint density at radius 2 is 1.97 bits per heavy atom. The summed E-state index contributed by atoms with van der Waals surface area (Å²) in [6.07, 6.45) is -3.88. The van der Waals surface area contributed by atoms with E-state index in [4.69, 9.17) is 21.1 Å². The number of hydrogen-bond acceptors (Lipinski definition) is 6. The molecule has 1 unspecified atom stereocenters. The van der Waals surface area contributed by atoms with Crippen molar-refractivity contribution in [2.45, 2.75) is 32.5 Å². The molecule has 2 N–H and O–H groups in total. The van der Waals surface area contributed by atoms with Crippen molar-refractivity contribution in [3.63, 3.8) is 0 Å². The SMILES string of the molecule is CCOc1cc(/C=C2/SC(=Nc3ccc(Cl)c(C(F)(F)F)c3)NC2=O)ccc1OC(CC)C(=O)O. The van der Waals surface area contributed by atoms with Crippen molar-refractivity contribution in [1.82, 2.24) is 5.32 Å². The third-order valence-corrected chi connectivity index (χ3v) is 5.86. The molecular weight excluding hydrogens is 509 g/mol. The summed E-state index contributed by atoms with van der Waals surface area (Å²) >= 11 is 6.59. The second kappa shape index (κ2) is 11.0. The topological polar surface area (TPSA) is 97.2 Å². The molecule has 2 aromatic rings. The summed E-state index contributed by atoms with van der Waals surface area (Å²) in [5.74, 6) is -1.03. The van der Waals surface area contributed by atoms with Crippen LogP contribution in [0.4, 0.5) is 18.9 Å². The average Bonchev–Trinajstić information content (AvgIpc) is 3.12. The Morgan fingerprint density at radius 3 is 2.60 bits per heavy atom. The molecule has 7 nitrogen and oxygen atoms in total. The van der Waals surface area contributed by atoms with Crippen LogP contribution < -0.4 is 14.8 Å². The molecule has 0 aromatic heterocycles. The summed E-state index contributed by atoms with van der Waals surface area (Å²) in [5, 5.41) is 11.4. The average molecular weight is 529 g/mol. The molecule has 1 amide bonds. The van der Waals surface area contributed by atoms with E-state index in [9.17, 15) is 27.9 Å². The number of carboxylic acids is 1. The van der Waals surface area contributed by atoms with E-state index in [1.54, 1.807) is 38.1 Å². The van der Waals surface area contributed by atoms with E-state index >= 15 is 0 Å². The van der Waals surface area contributed by atoms with Crippen LogP contribution in [-0.4, -0.2) is 34.9 Å². The second-order valence-corrected chi connectivity index (χ2v) is 8.57. The van der Waals surface area contributed by atoms with Crippen molar-refractivity contribution in [3.8, 4) is 11.5 Å². The zero-order valence-electron chi connectivity index (χ0n) is 18.5. The summed E-state index contributed by atoms with van der Waals surface area (Å²) in [6.45, 7) is 3.74. The molecule has 1 atom stereocenters. The lowest BCUT2D eigenvalue weighted by molar-refractivity contribution is -0.145. The number of rotatable bonds is 8. The van der Waals surface area contributed by atoms with Gasteiger partial charge < -0.3 is 19.9 Å². The van der Waals surface area contributed by atoms with Crippen molar-refractivity contribution in [1.29, 1.82) is 0 Å². The van der Waals surface area contributed by atoms with Gasteiger partial charge in [-0.2, -0.15) is 13.2 Å². The number of aliphatic imine (C=N–C) groups is 1. The highest BCUT2D eigenvalue weighted by atomic mass is 35.5. The standard InChI is InChI=1S/C23H20ClF3N2O5S/c1-3-16(21(31)32)34-17-8-5-12(9-18(17)33-4-2)10-19-20(30)29-22(35-19)28-13-6-7-15(24)14(11-13)23(25,26)27/h5-11,16H,3-4H2,1-2H3,(H,31,32)(H,28,29,30)/b19-10+. The molecule has 0 saturated carbocycles. The lowest BCUT2D eigenvalue weighted by atomic mass is 10.1. The van der Waals surface area contributed by atoms with Crippen molar-refractivity contribution in [2.24, 2.45) is 4.99 Å². The fourth-order valence-corrected chi connectivity index (χ4v) is 4.06. The molecule has 2 aromatic carbocycles. The van der Waals surface area contributed by atoms with Crippen molar-refractivity contribution in [2.75, 3.05) is 6.61 Å². The molecule has 1 fully saturated rings. The first-order valence-electron chi connectivity index (χ1n) is 10.3. The van der Waals surface area contributed by atoms with Gasteiger partial charge >= 0.3 is 12.1 Å². The number of nitrogens with zero attached hydrogens (tertiary/aromatic N) is 1. The van der Waals surface area contributed by atoms with Crippen LogP contribution in [0.25, 0.3) is 6.08 Å². The molecule has 0 spiro atoms. The van der Waals surface area contributed by atoms with E-state index in [-0.39, 0.29) is 27.9 Å². The van der Waals surface area contributed by atoms with Crippen LogP contribution in [0, 0.1) is 0 Å². The minimum Gasteiger partial charge on any atom is -0.490 e. The van der Waals surface area contributed by atoms with Crippen LogP contribution in [-0.2, 0) is 15.8 Å². The molecule has 0 aliphatic carbocycles. The molecule has 0 radical (unpaired) electrons.